The lowest BCUT2D eigenvalue weighted by atomic mass is 9.95. The minimum absolute atomic E-state index is 0.113. The Bertz CT molecular complexity index is 590. The van der Waals surface area contributed by atoms with Crippen LogP contribution in [0.3, 0.4) is 0 Å². The van der Waals surface area contributed by atoms with Crippen LogP contribution in [0.1, 0.15) is 25.3 Å². The fourth-order valence-electron chi connectivity index (χ4n) is 3.77. The number of benzene rings is 1. The molecule has 1 aromatic carbocycles. The quantitative estimate of drug-likeness (QED) is 0.870. The third kappa shape index (κ3) is 4.66. The van der Waals surface area contributed by atoms with E-state index in [0.29, 0.717) is 17.5 Å². The predicted molar refractivity (Wildman–Crippen MR) is 100 cm³/mol. The minimum atomic E-state index is 0.113. The van der Waals surface area contributed by atoms with Crippen molar-refractivity contribution in [1.82, 2.24) is 15.1 Å². The largest absolute Gasteiger partial charge is 0.492 e. The van der Waals surface area contributed by atoms with Gasteiger partial charge in [-0.3, -0.25) is 9.69 Å². The first-order valence-corrected chi connectivity index (χ1v) is 9.69. The molecule has 0 bridgehead atoms. The standard InChI is InChI=1S/C19H28ClN3O2/c1-2-25-18-15(5-3-7-17(18)20)13-22-10-4-6-16(14-22)19(24)23-11-8-21-9-12-23/h3,5,7,16,21H,2,4,6,8-14H2,1H3. The Balaban J connectivity index is 1.64. The molecule has 1 amide bonds. The van der Waals surface area contributed by atoms with E-state index >= 15 is 0 Å². The van der Waals surface area contributed by atoms with Crippen molar-refractivity contribution < 1.29 is 9.53 Å². The van der Waals surface area contributed by atoms with E-state index in [1.165, 1.54) is 0 Å². The number of ether oxygens (including phenoxy) is 1. The number of carbonyl (C=O) groups excluding carboxylic acids is 1. The summed E-state index contributed by atoms with van der Waals surface area (Å²) in [5.74, 6) is 1.21. The molecule has 0 saturated carbocycles. The van der Waals surface area contributed by atoms with Gasteiger partial charge >= 0.3 is 0 Å². The van der Waals surface area contributed by atoms with E-state index in [9.17, 15) is 4.79 Å². The van der Waals surface area contributed by atoms with Crippen molar-refractivity contribution in [3.8, 4) is 5.75 Å². The Hall–Kier alpha value is -1.30. The van der Waals surface area contributed by atoms with E-state index in [1.54, 1.807) is 0 Å². The van der Waals surface area contributed by atoms with Crippen molar-refractivity contribution in [3.05, 3.63) is 28.8 Å². The first-order chi connectivity index (χ1) is 12.2. The van der Waals surface area contributed by atoms with Crippen LogP contribution in [-0.2, 0) is 11.3 Å². The molecule has 2 heterocycles. The van der Waals surface area contributed by atoms with E-state index < -0.39 is 0 Å². The van der Waals surface area contributed by atoms with Crippen LogP contribution in [-0.4, -0.2) is 61.6 Å². The molecule has 3 rings (SSSR count). The summed E-state index contributed by atoms with van der Waals surface area (Å²) in [5.41, 5.74) is 1.10. The lowest BCUT2D eigenvalue weighted by Gasteiger charge is -2.36. The van der Waals surface area contributed by atoms with Crippen molar-refractivity contribution in [2.45, 2.75) is 26.3 Å². The van der Waals surface area contributed by atoms with Gasteiger partial charge in [-0.05, 0) is 32.4 Å². The number of likely N-dealkylation sites (tertiary alicyclic amines) is 1. The zero-order valence-corrected chi connectivity index (χ0v) is 15.7. The molecule has 0 radical (unpaired) electrons. The highest BCUT2D eigenvalue weighted by atomic mass is 35.5. The number of hydrogen-bond donors (Lipinski definition) is 1. The van der Waals surface area contributed by atoms with E-state index in [-0.39, 0.29) is 5.92 Å². The molecular weight excluding hydrogens is 338 g/mol. The summed E-state index contributed by atoms with van der Waals surface area (Å²) >= 11 is 6.30. The monoisotopic (exact) mass is 365 g/mol. The lowest BCUT2D eigenvalue weighted by molar-refractivity contribution is -0.138. The summed E-state index contributed by atoms with van der Waals surface area (Å²) < 4.78 is 5.74. The van der Waals surface area contributed by atoms with Crippen LogP contribution in [0, 0.1) is 5.92 Å². The maximum atomic E-state index is 12.8. The first-order valence-electron chi connectivity index (χ1n) is 9.31. The summed E-state index contributed by atoms with van der Waals surface area (Å²) in [6, 6.07) is 5.90. The number of halogens is 1. The number of carbonyl (C=O) groups is 1. The van der Waals surface area contributed by atoms with E-state index in [0.717, 1.165) is 70.0 Å². The normalized spacial score (nSPS) is 22.0. The minimum Gasteiger partial charge on any atom is -0.492 e. The van der Waals surface area contributed by atoms with Crippen molar-refractivity contribution in [3.63, 3.8) is 0 Å². The molecule has 5 nitrogen and oxygen atoms in total. The molecule has 0 spiro atoms. The van der Waals surface area contributed by atoms with Gasteiger partial charge in [-0.1, -0.05) is 23.7 Å². The molecule has 0 aliphatic carbocycles. The zero-order valence-electron chi connectivity index (χ0n) is 15.0. The van der Waals surface area contributed by atoms with Gasteiger partial charge in [0, 0.05) is 44.8 Å². The SMILES string of the molecule is CCOc1c(Cl)cccc1CN1CCCC(C(=O)N2CCNCC2)C1. The van der Waals surface area contributed by atoms with Gasteiger partial charge < -0.3 is 15.0 Å². The Morgan fingerprint density at radius 3 is 2.88 bits per heavy atom. The molecule has 138 valence electrons. The topological polar surface area (TPSA) is 44.8 Å². The van der Waals surface area contributed by atoms with Gasteiger partial charge in [-0.25, -0.2) is 0 Å². The van der Waals surface area contributed by atoms with Crippen molar-refractivity contribution >= 4 is 17.5 Å². The van der Waals surface area contributed by atoms with Gasteiger partial charge in [0.05, 0.1) is 17.5 Å². The Morgan fingerprint density at radius 1 is 1.32 bits per heavy atom. The molecule has 2 fully saturated rings. The number of nitrogens with zero attached hydrogens (tertiary/aromatic N) is 2. The average Bonchev–Trinajstić information content (AvgIpc) is 2.65. The molecule has 1 unspecified atom stereocenters. The maximum absolute atomic E-state index is 12.8. The Labute approximate surface area is 155 Å². The van der Waals surface area contributed by atoms with Gasteiger partial charge in [0.25, 0.3) is 0 Å². The van der Waals surface area contributed by atoms with Crippen LogP contribution in [0.15, 0.2) is 18.2 Å². The molecule has 1 N–H and O–H groups in total. The van der Waals surface area contributed by atoms with E-state index in [4.69, 9.17) is 16.3 Å². The van der Waals surface area contributed by atoms with Crippen LogP contribution in [0.25, 0.3) is 0 Å². The van der Waals surface area contributed by atoms with Crippen LogP contribution in [0.4, 0.5) is 0 Å². The average molecular weight is 366 g/mol. The number of piperidine rings is 1. The van der Waals surface area contributed by atoms with Gasteiger partial charge in [0.1, 0.15) is 5.75 Å². The third-order valence-corrected chi connectivity index (χ3v) is 5.31. The number of nitrogens with one attached hydrogen (secondary N) is 1. The molecule has 6 heteroatoms. The van der Waals surface area contributed by atoms with Crippen molar-refractivity contribution in [2.75, 3.05) is 45.9 Å². The molecule has 0 aromatic heterocycles. The molecule has 2 aliphatic heterocycles. The van der Waals surface area contributed by atoms with Crippen LogP contribution in [0.2, 0.25) is 5.02 Å². The van der Waals surface area contributed by atoms with Crippen LogP contribution >= 0.6 is 11.6 Å². The number of amides is 1. The lowest BCUT2D eigenvalue weighted by Crippen LogP contribution is -2.51. The van der Waals surface area contributed by atoms with Gasteiger partial charge in [-0.2, -0.15) is 0 Å². The molecule has 25 heavy (non-hydrogen) atoms. The smallest absolute Gasteiger partial charge is 0.227 e. The summed E-state index contributed by atoms with van der Waals surface area (Å²) in [5, 5.41) is 3.96. The zero-order chi connectivity index (χ0) is 17.6. The number of hydrogen-bond acceptors (Lipinski definition) is 4. The second-order valence-electron chi connectivity index (χ2n) is 6.81. The van der Waals surface area contributed by atoms with E-state index in [2.05, 4.69) is 16.3 Å². The predicted octanol–water partition coefficient (Wildman–Crippen LogP) is 2.38. The summed E-state index contributed by atoms with van der Waals surface area (Å²) in [6.07, 6.45) is 2.06. The van der Waals surface area contributed by atoms with Crippen LogP contribution < -0.4 is 10.1 Å². The Kier molecular flexibility index (Phi) is 6.57. The third-order valence-electron chi connectivity index (χ3n) is 5.01. The fourth-order valence-corrected chi connectivity index (χ4v) is 4.02. The molecule has 1 aromatic rings. The highest BCUT2D eigenvalue weighted by molar-refractivity contribution is 6.32. The molecule has 1 atom stereocenters. The summed E-state index contributed by atoms with van der Waals surface area (Å²) in [6.45, 7) is 8.66. The second kappa shape index (κ2) is 8.88. The molecular formula is C19H28ClN3O2. The van der Waals surface area contributed by atoms with Gasteiger partial charge in [0.15, 0.2) is 0 Å². The number of piperazine rings is 1. The fraction of sp³-hybridized carbons (Fsp3) is 0.632. The first kappa shape index (κ1) is 18.5. The van der Waals surface area contributed by atoms with Crippen molar-refractivity contribution in [1.29, 1.82) is 0 Å². The van der Waals surface area contributed by atoms with Gasteiger partial charge in [-0.15, -0.1) is 0 Å². The van der Waals surface area contributed by atoms with E-state index in [1.807, 2.05) is 24.0 Å². The molecule has 2 aliphatic rings. The molecule has 2 saturated heterocycles. The summed E-state index contributed by atoms with van der Waals surface area (Å²) in [7, 11) is 0. The van der Waals surface area contributed by atoms with Crippen molar-refractivity contribution in [2.24, 2.45) is 5.92 Å². The second-order valence-corrected chi connectivity index (χ2v) is 7.22. The highest BCUT2D eigenvalue weighted by Crippen LogP contribution is 2.31. The van der Waals surface area contributed by atoms with Crippen LogP contribution in [0.5, 0.6) is 5.75 Å². The van der Waals surface area contributed by atoms with Gasteiger partial charge in [0.2, 0.25) is 5.91 Å². The Morgan fingerprint density at radius 2 is 2.12 bits per heavy atom. The highest BCUT2D eigenvalue weighted by Gasteiger charge is 2.30. The summed E-state index contributed by atoms with van der Waals surface area (Å²) in [4.78, 5) is 17.2. The maximum Gasteiger partial charge on any atom is 0.227 e. The number of para-hydroxylation sites is 1. The number of rotatable bonds is 5.